The van der Waals surface area contributed by atoms with Crippen LogP contribution in [0, 0.1) is 6.92 Å². The van der Waals surface area contributed by atoms with Crippen LogP contribution < -0.4 is 4.74 Å². The lowest BCUT2D eigenvalue weighted by Crippen LogP contribution is -2.09. The molecule has 0 unspecified atom stereocenters. The molecule has 2 heterocycles. The molecule has 3 rings (SSSR count). The van der Waals surface area contributed by atoms with Gasteiger partial charge in [-0.2, -0.15) is 0 Å². The van der Waals surface area contributed by atoms with E-state index in [0.717, 1.165) is 22.2 Å². The molecule has 0 bridgehead atoms. The van der Waals surface area contributed by atoms with Crippen molar-refractivity contribution < 1.29 is 14.6 Å². The Kier molecular flexibility index (Phi) is 3.92. The van der Waals surface area contributed by atoms with Crippen LogP contribution in [0.4, 0.5) is 0 Å². The van der Waals surface area contributed by atoms with Gasteiger partial charge in [-0.15, -0.1) is 10.2 Å². The van der Waals surface area contributed by atoms with Crippen molar-refractivity contribution in [1.82, 2.24) is 14.8 Å². The van der Waals surface area contributed by atoms with Gasteiger partial charge < -0.3 is 14.4 Å². The molecular formula is C16H14ClN3O3. The molecule has 0 atom stereocenters. The number of carboxylic acid groups (broad SMARTS) is 1. The molecule has 23 heavy (non-hydrogen) atoms. The summed E-state index contributed by atoms with van der Waals surface area (Å²) in [5, 5.41) is 18.3. The third-order valence-corrected chi connectivity index (χ3v) is 3.91. The van der Waals surface area contributed by atoms with E-state index in [4.69, 9.17) is 16.3 Å². The second-order valence-corrected chi connectivity index (χ2v) is 5.45. The van der Waals surface area contributed by atoms with Crippen LogP contribution in [-0.4, -0.2) is 33.0 Å². The molecule has 6 nitrogen and oxygen atoms in total. The van der Waals surface area contributed by atoms with Crippen LogP contribution >= 0.6 is 11.6 Å². The maximum absolute atomic E-state index is 11.2. The van der Waals surface area contributed by atoms with E-state index >= 15 is 0 Å². The molecule has 118 valence electrons. The van der Waals surface area contributed by atoms with Crippen molar-refractivity contribution in [2.75, 3.05) is 7.11 Å². The third-order valence-electron chi connectivity index (χ3n) is 3.71. The first-order chi connectivity index (χ1) is 11.0. The summed E-state index contributed by atoms with van der Waals surface area (Å²) in [5.74, 6) is -0.220. The van der Waals surface area contributed by atoms with Gasteiger partial charge in [-0.3, -0.25) is 4.79 Å². The highest BCUT2D eigenvalue weighted by Gasteiger charge is 2.19. The summed E-state index contributed by atoms with van der Waals surface area (Å²) < 4.78 is 7.02. The molecule has 0 amide bonds. The molecule has 7 heteroatoms. The molecule has 1 aromatic carbocycles. The van der Waals surface area contributed by atoms with E-state index in [1.807, 2.05) is 19.1 Å². The summed E-state index contributed by atoms with van der Waals surface area (Å²) >= 11 is 5.80. The van der Waals surface area contributed by atoms with Crippen LogP contribution in [-0.2, 0) is 11.3 Å². The minimum absolute atomic E-state index is 0.129. The SMILES string of the molecule is COc1ccc2c(c1)c(-c1ccc(Cl)nn1)c(C)n2CC(=O)O. The van der Waals surface area contributed by atoms with E-state index < -0.39 is 5.97 Å². The fourth-order valence-corrected chi connectivity index (χ4v) is 2.80. The summed E-state index contributed by atoms with van der Waals surface area (Å²) in [5.41, 5.74) is 3.06. The minimum Gasteiger partial charge on any atom is -0.497 e. The van der Waals surface area contributed by atoms with Crippen LogP contribution in [0.25, 0.3) is 22.2 Å². The highest BCUT2D eigenvalue weighted by Crippen LogP contribution is 2.35. The van der Waals surface area contributed by atoms with Crippen molar-refractivity contribution in [3.05, 3.63) is 41.2 Å². The van der Waals surface area contributed by atoms with Crippen LogP contribution in [0.5, 0.6) is 5.75 Å². The summed E-state index contributed by atoms with van der Waals surface area (Å²) in [7, 11) is 1.59. The number of aliphatic carboxylic acids is 1. The van der Waals surface area contributed by atoms with Gasteiger partial charge in [0.25, 0.3) is 0 Å². The predicted molar refractivity (Wildman–Crippen MR) is 86.9 cm³/mol. The third kappa shape index (κ3) is 2.73. The fraction of sp³-hybridized carbons (Fsp3) is 0.188. The number of carbonyl (C=O) groups is 1. The van der Waals surface area contributed by atoms with E-state index in [1.54, 1.807) is 29.9 Å². The Bertz CT molecular complexity index is 888. The van der Waals surface area contributed by atoms with Gasteiger partial charge in [-0.25, -0.2) is 0 Å². The lowest BCUT2D eigenvalue weighted by Gasteiger charge is -2.05. The monoisotopic (exact) mass is 331 g/mol. The predicted octanol–water partition coefficient (Wildman–Crippen LogP) is 3.15. The second kappa shape index (κ2) is 5.89. The number of fused-ring (bicyclic) bond motifs is 1. The Morgan fingerprint density at radius 3 is 2.70 bits per heavy atom. The summed E-state index contributed by atoms with van der Waals surface area (Å²) in [4.78, 5) is 11.2. The molecule has 0 aliphatic rings. The zero-order chi connectivity index (χ0) is 16.6. The number of ether oxygens (including phenoxy) is 1. The Labute approximate surface area is 137 Å². The molecule has 0 saturated heterocycles. The number of carboxylic acids is 1. The van der Waals surface area contributed by atoms with Crippen molar-refractivity contribution in [3.63, 3.8) is 0 Å². The maximum atomic E-state index is 11.2. The first-order valence-electron chi connectivity index (χ1n) is 6.89. The van der Waals surface area contributed by atoms with Gasteiger partial charge >= 0.3 is 5.97 Å². The smallest absolute Gasteiger partial charge is 0.323 e. The standard InChI is InChI=1S/C16H14ClN3O3/c1-9-16(12-4-6-14(17)19-18-12)11-7-10(23-2)3-5-13(11)20(9)8-15(21)22/h3-7H,8H2,1-2H3,(H,21,22). The first-order valence-corrected chi connectivity index (χ1v) is 7.27. The van der Waals surface area contributed by atoms with Crippen LogP contribution in [0.1, 0.15) is 5.69 Å². The molecule has 0 radical (unpaired) electrons. The van der Waals surface area contributed by atoms with Gasteiger partial charge in [0, 0.05) is 22.2 Å². The van der Waals surface area contributed by atoms with Crippen molar-refractivity contribution >= 4 is 28.5 Å². The van der Waals surface area contributed by atoms with Gasteiger partial charge in [-0.05, 0) is 37.3 Å². The number of nitrogens with zero attached hydrogens (tertiary/aromatic N) is 3. The van der Waals surface area contributed by atoms with Gasteiger partial charge in [-0.1, -0.05) is 11.6 Å². The number of benzene rings is 1. The van der Waals surface area contributed by atoms with E-state index in [0.29, 0.717) is 16.6 Å². The molecule has 0 aliphatic carbocycles. The van der Waals surface area contributed by atoms with Crippen LogP contribution in [0.3, 0.4) is 0 Å². The minimum atomic E-state index is -0.908. The quantitative estimate of drug-likeness (QED) is 0.794. The average molecular weight is 332 g/mol. The number of halogens is 1. The first kappa shape index (κ1) is 15.3. The Balaban J connectivity index is 2.32. The van der Waals surface area contributed by atoms with Crippen molar-refractivity contribution in [3.8, 4) is 17.0 Å². The molecule has 0 fully saturated rings. The zero-order valence-electron chi connectivity index (χ0n) is 12.6. The van der Waals surface area contributed by atoms with Crippen LogP contribution in [0.2, 0.25) is 5.15 Å². The largest absolute Gasteiger partial charge is 0.497 e. The normalized spacial score (nSPS) is 10.9. The molecule has 0 spiro atoms. The highest BCUT2D eigenvalue weighted by molar-refractivity contribution is 6.29. The molecule has 2 aromatic heterocycles. The topological polar surface area (TPSA) is 77.2 Å². The molecule has 0 aliphatic heterocycles. The molecule has 3 aromatic rings. The van der Waals surface area contributed by atoms with E-state index in [-0.39, 0.29) is 6.54 Å². The van der Waals surface area contributed by atoms with E-state index in [2.05, 4.69) is 10.2 Å². The maximum Gasteiger partial charge on any atom is 0.323 e. The van der Waals surface area contributed by atoms with Crippen molar-refractivity contribution in [1.29, 1.82) is 0 Å². The Hall–Kier alpha value is -2.60. The molecule has 1 N–H and O–H groups in total. The Morgan fingerprint density at radius 1 is 1.30 bits per heavy atom. The van der Waals surface area contributed by atoms with Crippen molar-refractivity contribution in [2.45, 2.75) is 13.5 Å². The van der Waals surface area contributed by atoms with Gasteiger partial charge in [0.1, 0.15) is 12.3 Å². The number of hydrogen-bond acceptors (Lipinski definition) is 4. The molecular weight excluding hydrogens is 318 g/mol. The Morgan fingerprint density at radius 2 is 2.09 bits per heavy atom. The van der Waals surface area contributed by atoms with E-state index in [9.17, 15) is 9.90 Å². The van der Waals surface area contributed by atoms with Crippen LogP contribution in [0.15, 0.2) is 30.3 Å². The number of hydrogen-bond donors (Lipinski definition) is 1. The number of aromatic nitrogens is 3. The van der Waals surface area contributed by atoms with Crippen molar-refractivity contribution in [2.24, 2.45) is 0 Å². The molecule has 0 saturated carbocycles. The number of rotatable bonds is 4. The highest BCUT2D eigenvalue weighted by atomic mass is 35.5. The van der Waals surface area contributed by atoms with Gasteiger partial charge in [0.2, 0.25) is 0 Å². The average Bonchev–Trinajstić information content (AvgIpc) is 2.79. The zero-order valence-corrected chi connectivity index (χ0v) is 13.3. The lowest BCUT2D eigenvalue weighted by atomic mass is 10.1. The fourth-order valence-electron chi connectivity index (χ4n) is 2.70. The van der Waals surface area contributed by atoms with Gasteiger partial charge in [0.05, 0.1) is 12.8 Å². The summed E-state index contributed by atoms with van der Waals surface area (Å²) in [6.45, 7) is 1.73. The lowest BCUT2D eigenvalue weighted by molar-refractivity contribution is -0.137. The van der Waals surface area contributed by atoms with E-state index in [1.165, 1.54) is 0 Å². The summed E-state index contributed by atoms with van der Waals surface area (Å²) in [6, 6.07) is 8.94. The number of methoxy groups -OCH3 is 1. The van der Waals surface area contributed by atoms with Gasteiger partial charge in [0.15, 0.2) is 5.15 Å². The summed E-state index contributed by atoms with van der Waals surface area (Å²) in [6.07, 6.45) is 0. The second-order valence-electron chi connectivity index (χ2n) is 5.06.